The average molecular weight is 334 g/mol. The predicted octanol–water partition coefficient (Wildman–Crippen LogP) is 2.65. The Hall–Kier alpha value is -0.520. The van der Waals surface area contributed by atoms with Crippen LogP contribution in [0.25, 0.3) is 0 Å². The molecule has 1 rings (SSSR count). The van der Waals surface area contributed by atoms with Crippen molar-refractivity contribution in [3.8, 4) is 0 Å². The van der Waals surface area contributed by atoms with Gasteiger partial charge >= 0.3 is 108 Å². The Morgan fingerprint density at radius 1 is 1.31 bits per heavy atom. The van der Waals surface area contributed by atoms with Gasteiger partial charge in [-0.25, -0.2) is 0 Å². The number of esters is 1. The van der Waals surface area contributed by atoms with E-state index in [0.29, 0.717) is 6.61 Å². The van der Waals surface area contributed by atoms with E-state index in [9.17, 15) is 4.79 Å². The first-order chi connectivity index (χ1) is 7.56. The van der Waals surface area contributed by atoms with Gasteiger partial charge in [0.15, 0.2) is 0 Å². The second kappa shape index (κ2) is 6.27. The van der Waals surface area contributed by atoms with Crippen LogP contribution in [0.5, 0.6) is 0 Å². The molecule has 0 aliphatic heterocycles. The summed E-state index contributed by atoms with van der Waals surface area (Å²) in [5.41, 5.74) is 1.32. The van der Waals surface area contributed by atoms with Crippen LogP contribution in [0.15, 0.2) is 30.3 Å². The normalized spacial score (nSPS) is 11.2. The van der Waals surface area contributed by atoms with Crippen molar-refractivity contribution < 1.29 is 9.53 Å². The van der Waals surface area contributed by atoms with Gasteiger partial charge in [-0.15, -0.1) is 0 Å². The molecule has 16 heavy (non-hydrogen) atoms. The first-order valence-electron chi connectivity index (χ1n) is 5.41. The Kier molecular flexibility index (Phi) is 5.31. The summed E-state index contributed by atoms with van der Waals surface area (Å²) < 4.78 is 5.86. The van der Waals surface area contributed by atoms with E-state index in [-0.39, 0.29) is 9.43 Å². The van der Waals surface area contributed by atoms with Crippen LogP contribution in [0.3, 0.4) is 0 Å². The molecule has 0 radical (unpaired) electrons. The monoisotopic (exact) mass is 336 g/mol. The van der Waals surface area contributed by atoms with Crippen molar-refractivity contribution >= 4 is 26.9 Å². The Labute approximate surface area is 107 Å². The van der Waals surface area contributed by atoms with Crippen molar-refractivity contribution in [2.24, 2.45) is 0 Å². The number of rotatable bonds is 5. The van der Waals surface area contributed by atoms with E-state index in [1.165, 1.54) is 5.56 Å². The van der Waals surface area contributed by atoms with E-state index < -0.39 is 20.9 Å². The van der Waals surface area contributed by atoms with Gasteiger partial charge in [0.2, 0.25) is 0 Å². The summed E-state index contributed by atoms with van der Waals surface area (Å²) in [5.74, 6) is -0.0478. The first kappa shape index (κ1) is 13.5. The summed E-state index contributed by atoms with van der Waals surface area (Å²) >= 11 is -0.417. The van der Waals surface area contributed by atoms with Gasteiger partial charge in [0.05, 0.1) is 0 Å². The minimum atomic E-state index is -0.417. The third kappa shape index (κ3) is 4.15. The summed E-state index contributed by atoms with van der Waals surface area (Å²) in [6.07, 6.45) is 0. The molecule has 0 aromatic heterocycles. The summed E-state index contributed by atoms with van der Waals surface area (Å²) in [6.45, 7) is 6.32. The molecule has 88 valence electrons. The second-order valence-corrected chi connectivity index (χ2v) is 8.57. The Balaban J connectivity index is 2.51. The topological polar surface area (TPSA) is 26.3 Å². The van der Waals surface area contributed by atoms with E-state index in [1.54, 1.807) is 0 Å². The van der Waals surface area contributed by atoms with Gasteiger partial charge in [-0.05, 0) is 0 Å². The SMILES string of the molecule is CCOC(=O)C(C)(C)[Te]Cc1ccccc1. The van der Waals surface area contributed by atoms with E-state index >= 15 is 0 Å². The van der Waals surface area contributed by atoms with E-state index in [1.807, 2.05) is 39.0 Å². The van der Waals surface area contributed by atoms with Crippen molar-refractivity contribution in [1.82, 2.24) is 0 Å². The van der Waals surface area contributed by atoms with Crippen LogP contribution < -0.4 is 0 Å². The molecule has 0 heterocycles. The van der Waals surface area contributed by atoms with Crippen LogP contribution in [-0.2, 0) is 14.0 Å². The second-order valence-electron chi connectivity index (χ2n) is 4.01. The van der Waals surface area contributed by atoms with Crippen molar-refractivity contribution in [1.29, 1.82) is 0 Å². The van der Waals surface area contributed by atoms with Gasteiger partial charge < -0.3 is 0 Å². The third-order valence-corrected chi connectivity index (χ3v) is 6.11. The van der Waals surface area contributed by atoms with E-state index in [2.05, 4.69) is 12.1 Å². The molecule has 0 saturated carbocycles. The van der Waals surface area contributed by atoms with Crippen molar-refractivity contribution in [3.63, 3.8) is 0 Å². The van der Waals surface area contributed by atoms with Gasteiger partial charge in [0.25, 0.3) is 0 Å². The number of benzene rings is 1. The molecular weight excluding hydrogens is 316 g/mol. The van der Waals surface area contributed by atoms with E-state index in [4.69, 9.17) is 4.74 Å². The van der Waals surface area contributed by atoms with Crippen LogP contribution in [0, 0.1) is 0 Å². The van der Waals surface area contributed by atoms with Crippen molar-refractivity contribution in [2.45, 2.75) is 28.7 Å². The standard InChI is InChI=1S/C13H18O2Te/c1-4-15-12(14)13(2,3)16-10-11-8-6-5-7-9-11/h5-9H,4,10H2,1-3H3. The summed E-state index contributed by atoms with van der Waals surface area (Å²) in [5, 5.41) is 0. The van der Waals surface area contributed by atoms with Crippen LogP contribution in [-0.4, -0.2) is 33.5 Å². The van der Waals surface area contributed by atoms with Gasteiger partial charge in [0, 0.05) is 0 Å². The Morgan fingerprint density at radius 3 is 2.50 bits per heavy atom. The zero-order valence-corrected chi connectivity index (χ0v) is 12.4. The number of carbonyl (C=O) groups is 1. The Bertz CT molecular complexity index is 333. The summed E-state index contributed by atoms with van der Waals surface area (Å²) in [7, 11) is 0. The minimum absolute atomic E-state index is 0.0478. The molecule has 0 unspecified atom stereocenters. The number of carbonyl (C=O) groups excluding carboxylic acids is 1. The molecule has 0 bridgehead atoms. The fraction of sp³-hybridized carbons (Fsp3) is 0.462. The zero-order valence-electron chi connectivity index (χ0n) is 10.0. The fourth-order valence-electron chi connectivity index (χ4n) is 1.20. The van der Waals surface area contributed by atoms with Gasteiger partial charge in [-0.3, -0.25) is 0 Å². The van der Waals surface area contributed by atoms with Crippen molar-refractivity contribution in [3.05, 3.63) is 35.9 Å². The molecular formula is C13H18O2Te. The quantitative estimate of drug-likeness (QED) is 0.611. The number of ether oxygens (including phenoxy) is 1. The van der Waals surface area contributed by atoms with Gasteiger partial charge in [-0.1, -0.05) is 0 Å². The molecule has 3 heteroatoms. The maximum atomic E-state index is 11.7. The third-order valence-electron chi connectivity index (χ3n) is 2.21. The van der Waals surface area contributed by atoms with Crippen molar-refractivity contribution in [2.75, 3.05) is 6.61 Å². The molecule has 0 amide bonds. The first-order valence-corrected chi connectivity index (χ1v) is 8.22. The molecule has 1 aromatic rings. The molecule has 0 fully saturated rings. The molecule has 0 aliphatic carbocycles. The summed E-state index contributed by atoms with van der Waals surface area (Å²) in [6, 6.07) is 10.3. The maximum absolute atomic E-state index is 11.7. The van der Waals surface area contributed by atoms with Crippen LogP contribution in [0.2, 0.25) is 3.46 Å². The van der Waals surface area contributed by atoms with Crippen LogP contribution >= 0.6 is 0 Å². The van der Waals surface area contributed by atoms with Gasteiger partial charge in [0.1, 0.15) is 0 Å². The fourth-order valence-corrected chi connectivity index (χ4v) is 3.76. The van der Waals surface area contributed by atoms with Crippen LogP contribution in [0.4, 0.5) is 0 Å². The number of hydrogen-bond acceptors (Lipinski definition) is 2. The molecule has 0 atom stereocenters. The van der Waals surface area contributed by atoms with Gasteiger partial charge in [-0.2, -0.15) is 0 Å². The zero-order chi connectivity index (χ0) is 12.0. The molecule has 0 N–H and O–H groups in total. The molecule has 2 nitrogen and oxygen atoms in total. The molecule has 0 spiro atoms. The van der Waals surface area contributed by atoms with Crippen LogP contribution in [0.1, 0.15) is 26.3 Å². The Morgan fingerprint density at radius 2 is 1.94 bits per heavy atom. The number of hydrogen-bond donors (Lipinski definition) is 0. The predicted molar refractivity (Wildman–Crippen MR) is 66.6 cm³/mol. The average Bonchev–Trinajstić information content (AvgIpc) is 2.28. The van der Waals surface area contributed by atoms with E-state index in [0.717, 1.165) is 4.47 Å². The molecule has 1 aromatic carbocycles. The molecule has 0 saturated heterocycles. The molecule has 0 aliphatic rings. The summed E-state index contributed by atoms with van der Waals surface area (Å²) in [4.78, 5) is 11.7.